The van der Waals surface area contributed by atoms with Crippen LogP contribution in [0.4, 0.5) is 0 Å². The van der Waals surface area contributed by atoms with Gasteiger partial charge in [-0.05, 0) is 38.4 Å². The van der Waals surface area contributed by atoms with Gasteiger partial charge in [0.15, 0.2) is 5.78 Å². The van der Waals surface area contributed by atoms with Crippen molar-refractivity contribution < 1.29 is 23.1 Å². The Morgan fingerprint density at radius 1 is 1.07 bits per heavy atom. The van der Waals surface area contributed by atoms with Crippen molar-refractivity contribution >= 4 is 21.7 Å². The fraction of sp³-hybridized carbons (Fsp3) is 0.579. The molecule has 3 rings (SSSR count). The third kappa shape index (κ3) is 4.78. The molecular weight excluding hydrogens is 382 g/mol. The molecule has 2 fully saturated rings. The quantitative estimate of drug-likeness (QED) is 0.697. The number of piperidine rings is 1. The van der Waals surface area contributed by atoms with Crippen molar-refractivity contribution in [1.29, 1.82) is 0 Å². The number of aliphatic hydroxyl groups is 1. The van der Waals surface area contributed by atoms with Gasteiger partial charge in [0, 0.05) is 38.3 Å². The van der Waals surface area contributed by atoms with Crippen LogP contribution in [0.3, 0.4) is 0 Å². The van der Waals surface area contributed by atoms with Crippen LogP contribution >= 0.6 is 0 Å². The van der Waals surface area contributed by atoms with Crippen LogP contribution in [-0.2, 0) is 14.8 Å². The number of β-amino-alcohol motifs (C(OH)–C–C–N with tert-alkyl or cyclic N) is 1. The first-order chi connectivity index (χ1) is 13.3. The lowest BCUT2D eigenvalue weighted by atomic mass is 10.1. The average molecular weight is 410 g/mol. The van der Waals surface area contributed by atoms with Crippen molar-refractivity contribution in [3.05, 3.63) is 29.8 Å². The van der Waals surface area contributed by atoms with Crippen LogP contribution in [0.25, 0.3) is 0 Å². The van der Waals surface area contributed by atoms with Crippen LogP contribution in [0.1, 0.15) is 30.1 Å². The third-order valence-corrected chi connectivity index (χ3v) is 7.24. The smallest absolute Gasteiger partial charge is 0.243 e. The number of ketones is 1. The van der Waals surface area contributed by atoms with E-state index in [2.05, 4.69) is 0 Å². The number of carbonyl (C=O) groups excluding carboxylic acids is 2. The fourth-order valence-electron chi connectivity index (χ4n) is 3.65. The van der Waals surface area contributed by atoms with Gasteiger partial charge in [-0.1, -0.05) is 12.1 Å². The van der Waals surface area contributed by atoms with Gasteiger partial charge in [-0.25, -0.2) is 8.42 Å². The number of Topliss-reactive ketones (excluding diaryl/α,β-unsaturated/α-hetero) is 1. The molecule has 1 unspecified atom stereocenters. The van der Waals surface area contributed by atoms with Crippen LogP contribution in [-0.4, -0.2) is 91.2 Å². The summed E-state index contributed by atoms with van der Waals surface area (Å²) in [7, 11) is -3.65. The van der Waals surface area contributed by atoms with Crippen molar-refractivity contribution in [1.82, 2.24) is 14.1 Å². The van der Waals surface area contributed by atoms with E-state index in [9.17, 15) is 23.1 Å². The Labute approximate surface area is 165 Å². The highest BCUT2D eigenvalue weighted by Gasteiger charge is 2.31. The van der Waals surface area contributed by atoms with Crippen molar-refractivity contribution in [2.75, 3.05) is 45.8 Å². The molecule has 9 heteroatoms. The Kier molecular flexibility index (Phi) is 6.49. The topological polar surface area (TPSA) is 98.2 Å². The Balaban J connectivity index is 1.56. The number of carbonyl (C=O) groups is 2. The molecule has 0 radical (unpaired) electrons. The minimum absolute atomic E-state index is 0.0306. The second kappa shape index (κ2) is 8.69. The molecule has 0 spiro atoms. The molecule has 1 aromatic rings. The van der Waals surface area contributed by atoms with Crippen LogP contribution in [0.2, 0.25) is 0 Å². The first kappa shape index (κ1) is 20.9. The molecule has 1 atom stereocenters. The van der Waals surface area contributed by atoms with Gasteiger partial charge in [0.25, 0.3) is 0 Å². The zero-order valence-electron chi connectivity index (χ0n) is 16.1. The molecule has 1 N–H and O–H groups in total. The van der Waals surface area contributed by atoms with Crippen LogP contribution < -0.4 is 0 Å². The predicted octanol–water partition coefficient (Wildman–Crippen LogP) is 0.179. The van der Waals surface area contributed by atoms with E-state index in [0.29, 0.717) is 25.2 Å². The van der Waals surface area contributed by atoms with Gasteiger partial charge < -0.3 is 10.0 Å². The molecule has 0 saturated carbocycles. The predicted molar refractivity (Wildman–Crippen MR) is 103 cm³/mol. The molecule has 0 aromatic heterocycles. The molecular formula is C19H27N3O5S. The van der Waals surface area contributed by atoms with Gasteiger partial charge >= 0.3 is 0 Å². The highest BCUT2D eigenvalue weighted by Crippen LogP contribution is 2.19. The van der Waals surface area contributed by atoms with Gasteiger partial charge in [-0.3, -0.25) is 14.5 Å². The second-order valence-corrected chi connectivity index (χ2v) is 9.33. The number of aliphatic hydroxyl groups excluding tert-OH is 1. The molecule has 1 amide bonds. The molecule has 0 aliphatic carbocycles. The van der Waals surface area contributed by atoms with E-state index in [-0.39, 0.29) is 42.3 Å². The van der Waals surface area contributed by atoms with Gasteiger partial charge in [0.2, 0.25) is 15.9 Å². The lowest BCUT2D eigenvalue weighted by Gasteiger charge is -2.36. The maximum atomic E-state index is 12.8. The monoisotopic (exact) mass is 409 g/mol. The maximum absolute atomic E-state index is 12.8. The highest BCUT2D eigenvalue weighted by atomic mass is 32.2. The summed E-state index contributed by atoms with van der Waals surface area (Å²) in [6.45, 7) is 4.18. The van der Waals surface area contributed by atoms with E-state index in [1.54, 1.807) is 4.90 Å². The zero-order valence-corrected chi connectivity index (χ0v) is 16.9. The van der Waals surface area contributed by atoms with Crippen molar-refractivity contribution in [3.63, 3.8) is 0 Å². The van der Waals surface area contributed by atoms with Gasteiger partial charge in [0.1, 0.15) is 0 Å². The molecule has 2 heterocycles. The zero-order chi connectivity index (χ0) is 20.3. The summed E-state index contributed by atoms with van der Waals surface area (Å²) in [5.74, 6) is -0.144. The SMILES string of the molecule is CC(=O)c1ccc(S(=O)(=O)N2CCN(C(=O)CN3CCCC(O)C3)CC2)cc1. The largest absolute Gasteiger partial charge is 0.392 e. The van der Waals surface area contributed by atoms with Gasteiger partial charge in [0.05, 0.1) is 17.5 Å². The van der Waals surface area contributed by atoms with E-state index in [0.717, 1.165) is 19.4 Å². The summed E-state index contributed by atoms with van der Waals surface area (Å²) in [5, 5.41) is 9.72. The van der Waals surface area contributed by atoms with Gasteiger partial charge in [-0.2, -0.15) is 4.31 Å². The lowest BCUT2D eigenvalue weighted by molar-refractivity contribution is -0.134. The number of nitrogens with zero attached hydrogens (tertiary/aromatic N) is 3. The van der Waals surface area contributed by atoms with E-state index >= 15 is 0 Å². The fourth-order valence-corrected chi connectivity index (χ4v) is 5.08. The summed E-state index contributed by atoms with van der Waals surface area (Å²) in [4.78, 5) is 27.7. The Morgan fingerprint density at radius 2 is 1.71 bits per heavy atom. The lowest BCUT2D eigenvalue weighted by Crippen LogP contribution is -2.53. The molecule has 2 saturated heterocycles. The van der Waals surface area contributed by atoms with E-state index in [4.69, 9.17) is 0 Å². The number of benzene rings is 1. The third-order valence-electron chi connectivity index (χ3n) is 5.33. The molecule has 1 aromatic carbocycles. The number of hydrogen-bond donors (Lipinski definition) is 1. The minimum atomic E-state index is -3.65. The van der Waals surface area contributed by atoms with Crippen molar-refractivity contribution in [2.24, 2.45) is 0 Å². The summed E-state index contributed by atoms with van der Waals surface area (Å²) in [5.41, 5.74) is 0.470. The van der Waals surface area contributed by atoms with Gasteiger partial charge in [-0.15, -0.1) is 0 Å². The normalized spacial score (nSPS) is 22.2. The Bertz CT molecular complexity index is 816. The summed E-state index contributed by atoms with van der Waals surface area (Å²) in [6, 6.07) is 5.93. The Morgan fingerprint density at radius 3 is 2.29 bits per heavy atom. The molecule has 2 aliphatic heterocycles. The standard InChI is InChI=1S/C19H27N3O5S/c1-15(23)16-4-6-18(7-5-16)28(26,27)22-11-9-21(10-12-22)19(25)14-20-8-2-3-17(24)13-20/h4-7,17,24H,2-3,8-14H2,1H3. The number of sulfonamides is 1. The van der Waals surface area contributed by atoms with Crippen molar-refractivity contribution in [3.8, 4) is 0 Å². The molecule has 0 bridgehead atoms. The molecule has 8 nitrogen and oxygen atoms in total. The molecule has 2 aliphatic rings. The highest BCUT2D eigenvalue weighted by molar-refractivity contribution is 7.89. The second-order valence-electron chi connectivity index (χ2n) is 7.40. The Hall–Kier alpha value is -1.81. The minimum Gasteiger partial charge on any atom is -0.392 e. The van der Waals surface area contributed by atoms with Crippen LogP contribution in [0.5, 0.6) is 0 Å². The average Bonchev–Trinajstić information content (AvgIpc) is 2.68. The van der Waals surface area contributed by atoms with E-state index in [1.165, 1.54) is 35.5 Å². The summed E-state index contributed by atoms with van der Waals surface area (Å²) < 4.78 is 27.0. The summed E-state index contributed by atoms with van der Waals surface area (Å²) >= 11 is 0. The summed E-state index contributed by atoms with van der Waals surface area (Å²) in [6.07, 6.45) is 1.27. The number of hydrogen-bond acceptors (Lipinski definition) is 6. The number of rotatable bonds is 5. The van der Waals surface area contributed by atoms with Crippen molar-refractivity contribution in [2.45, 2.75) is 30.8 Å². The maximum Gasteiger partial charge on any atom is 0.243 e. The first-order valence-electron chi connectivity index (χ1n) is 9.57. The molecule has 28 heavy (non-hydrogen) atoms. The van der Waals surface area contributed by atoms with Crippen LogP contribution in [0, 0.1) is 0 Å². The first-order valence-corrected chi connectivity index (χ1v) is 11.0. The molecule has 154 valence electrons. The number of amides is 1. The van der Waals surface area contributed by atoms with E-state index < -0.39 is 10.0 Å². The van der Waals surface area contributed by atoms with Crippen LogP contribution in [0.15, 0.2) is 29.2 Å². The number of piperazine rings is 1. The number of likely N-dealkylation sites (tertiary alicyclic amines) is 1. The van der Waals surface area contributed by atoms with E-state index in [1.807, 2.05) is 4.90 Å².